The lowest BCUT2D eigenvalue weighted by molar-refractivity contribution is -0.294. The van der Waals surface area contributed by atoms with Crippen LogP contribution in [0.25, 0.3) is 0 Å². The van der Waals surface area contributed by atoms with E-state index in [1.54, 1.807) is 0 Å². The van der Waals surface area contributed by atoms with Crippen molar-refractivity contribution < 1.29 is 61.4 Å². The highest BCUT2D eigenvalue weighted by molar-refractivity contribution is 7.80. The van der Waals surface area contributed by atoms with Gasteiger partial charge in [0.1, 0.15) is 24.4 Å². The lowest BCUT2D eigenvalue weighted by Crippen LogP contribution is -2.63. The largest absolute Gasteiger partial charge is 0.479 e. The van der Waals surface area contributed by atoms with Crippen LogP contribution in [0.4, 0.5) is 0 Å². The molecule has 2 aliphatic heterocycles. The van der Waals surface area contributed by atoms with Gasteiger partial charge in [-0.15, -0.1) is 0 Å². The van der Waals surface area contributed by atoms with Crippen LogP contribution in [0.15, 0.2) is 0 Å². The van der Waals surface area contributed by atoms with E-state index in [4.69, 9.17) is 18.8 Å². The highest BCUT2D eigenvalue weighted by Crippen LogP contribution is 2.27. The number of carbonyl (C=O) groups excluding carboxylic acids is 1. The molecule has 0 aromatic heterocycles. The summed E-state index contributed by atoms with van der Waals surface area (Å²) < 4.78 is 50.2. The number of carbonyl (C=O) groups is 2. The Morgan fingerprint density at radius 1 is 1.21 bits per heavy atom. The van der Waals surface area contributed by atoms with Gasteiger partial charge in [-0.25, -0.2) is 8.98 Å². The monoisotopic (exact) mass is 445 g/mol. The Bertz CT molecular complexity index is 700. The standard InChI is InChI=1S/C14H23NO13S/c1-5(16)15-9-7(17)2-6(3-26-29(22,23)24)27-14(9)28-11-10(19)8(18)4-25-12(11)13(20)21/h6-12,14,17-19H,2-4H2,1H3,(H,15,16)(H,20,21)(H,22,23,24)/t6?,7-,8?,9?,10+,11+,12?,14-/m1/s1. The Balaban J connectivity index is 2.21. The number of nitrogens with one attached hydrogen (secondary N) is 1. The predicted molar refractivity (Wildman–Crippen MR) is 88.7 cm³/mol. The SMILES string of the molecule is CC(=O)NC1[C@@H](O[C@@H]2C(C(=O)O)OCC(O)[C@@H]2O)OC(COS(=O)(=O)O)C[C@H]1O. The summed E-state index contributed by atoms with van der Waals surface area (Å²) in [5.74, 6) is -2.09. The van der Waals surface area contributed by atoms with Gasteiger partial charge >= 0.3 is 16.4 Å². The molecule has 0 aromatic carbocycles. The van der Waals surface area contributed by atoms with Crippen molar-refractivity contribution in [3.63, 3.8) is 0 Å². The molecule has 0 spiro atoms. The van der Waals surface area contributed by atoms with Gasteiger partial charge in [0.25, 0.3) is 0 Å². The fourth-order valence-corrected chi connectivity index (χ4v) is 3.35. The van der Waals surface area contributed by atoms with Crippen LogP contribution in [0, 0.1) is 0 Å². The zero-order valence-electron chi connectivity index (χ0n) is 15.2. The fourth-order valence-electron chi connectivity index (χ4n) is 3.02. The number of aliphatic carboxylic acids is 1. The van der Waals surface area contributed by atoms with Crippen LogP contribution in [0.3, 0.4) is 0 Å². The van der Waals surface area contributed by atoms with E-state index in [9.17, 15) is 38.4 Å². The van der Waals surface area contributed by atoms with Gasteiger partial charge in [0.2, 0.25) is 5.91 Å². The molecular weight excluding hydrogens is 422 g/mol. The third-order valence-corrected chi connectivity index (χ3v) is 4.76. The van der Waals surface area contributed by atoms with Crippen LogP contribution < -0.4 is 5.32 Å². The number of rotatable bonds is 7. The molecule has 2 saturated heterocycles. The van der Waals surface area contributed by atoms with Crippen molar-refractivity contribution in [3.05, 3.63) is 0 Å². The first-order valence-corrected chi connectivity index (χ1v) is 9.84. The Morgan fingerprint density at radius 3 is 2.41 bits per heavy atom. The molecule has 2 fully saturated rings. The molecule has 2 rings (SSSR count). The molecule has 1 amide bonds. The van der Waals surface area contributed by atoms with Crippen LogP contribution >= 0.6 is 0 Å². The Kier molecular flexibility index (Phi) is 7.88. The molecule has 2 aliphatic rings. The zero-order chi connectivity index (χ0) is 21.9. The number of ether oxygens (including phenoxy) is 3. The molecule has 0 aliphatic carbocycles. The van der Waals surface area contributed by atoms with Gasteiger partial charge in [-0.3, -0.25) is 9.35 Å². The maximum absolute atomic E-state index is 11.4. The minimum atomic E-state index is -4.80. The van der Waals surface area contributed by atoms with Gasteiger partial charge in [0, 0.05) is 13.3 Å². The van der Waals surface area contributed by atoms with Crippen LogP contribution in [-0.4, -0.2) is 107 Å². The van der Waals surface area contributed by atoms with E-state index < -0.39 is 84.4 Å². The van der Waals surface area contributed by atoms with Crippen molar-refractivity contribution in [2.75, 3.05) is 13.2 Å². The van der Waals surface area contributed by atoms with Crippen LogP contribution in [0.1, 0.15) is 13.3 Å². The highest BCUT2D eigenvalue weighted by Gasteiger charge is 2.48. The van der Waals surface area contributed by atoms with Crippen molar-refractivity contribution in [1.82, 2.24) is 5.32 Å². The molecule has 168 valence electrons. The average Bonchev–Trinajstić information content (AvgIpc) is 2.59. The first kappa shape index (κ1) is 23.8. The van der Waals surface area contributed by atoms with Gasteiger partial charge in [0.05, 0.1) is 25.4 Å². The van der Waals surface area contributed by atoms with Crippen molar-refractivity contribution >= 4 is 22.3 Å². The lowest BCUT2D eigenvalue weighted by atomic mass is 9.97. The van der Waals surface area contributed by atoms with E-state index >= 15 is 0 Å². The number of carboxylic acid groups (broad SMARTS) is 1. The Labute approximate surface area is 165 Å². The Hall–Kier alpha value is -1.43. The molecule has 15 heteroatoms. The van der Waals surface area contributed by atoms with Crippen molar-refractivity contribution in [2.24, 2.45) is 0 Å². The molecule has 2 heterocycles. The maximum atomic E-state index is 11.4. The zero-order valence-corrected chi connectivity index (χ0v) is 16.0. The number of hydrogen-bond donors (Lipinski definition) is 6. The number of aliphatic hydroxyl groups excluding tert-OH is 3. The first-order valence-electron chi connectivity index (χ1n) is 8.47. The highest BCUT2D eigenvalue weighted by atomic mass is 32.3. The van der Waals surface area contributed by atoms with Gasteiger partial charge < -0.3 is 40.0 Å². The third kappa shape index (κ3) is 6.53. The van der Waals surface area contributed by atoms with E-state index in [-0.39, 0.29) is 6.42 Å². The van der Waals surface area contributed by atoms with Crippen molar-refractivity contribution in [3.8, 4) is 0 Å². The van der Waals surface area contributed by atoms with Crippen LogP contribution in [0.2, 0.25) is 0 Å². The van der Waals surface area contributed by atoms with E-state index in [0.717, 1.165) is 6.92 Å². The average molecular weight is 445 g/mol. The molecule has 0 saturated carbocycles. The third-order valence-electron chi connectivity index (χ3n) is 4.32. The quantitative estimate of drug-likeness (QED) is 0.209. The molecule has 6 N–H and O–H groups in total. The molecule has 0 radical (unpaired) electrons. The summed E-state index contributed by atoms with van der Waals surface area (Å²) in [6, 6.07) is -1.23. The normalized spacial score (nSPS) is 38.4. The molecule has 0 aromatic rings. The van der Waals surface area contributed by atoms with Gasteiger partial charge in [-0.05, 0) is 0 Å². The molecular formula is C14H23NO13S. The van der Waals surface area contributed by atoms with Gasteiger partial charge in [-0.1, -0.05) is 0 Å². The molecule has 0 bridgehead atoms. The topological polar surface area (TPSA) is 218 Å². The van der Waals surface area contributed by atoms with E-state index in [2.05, 4.69) is 9.50 Å². The molecule has 8 atom stereocenters. The second-order valence-corrected chi connectivity index (χ2v) is 7.71. The van der Waals surface area contributed by atoms with Crippen molar-refractivity contribution in [1.29, 1.82) is 0 Å². The van der Waals surface area contributed by atoms with Crippen LogP contribution in [0.5, 0.6) is 0 Å². The van der Waals surface area contributed by atoms with E-state index in [0.29, 0.717) is 0 Å². The smallest absolute Gasteiger partial charge is 0.397 e. The summed E-state index contributed by atoms with van der Waals surface area (Å²) in [6.07, 6.45) is -10.8. The molecule has 4 unspecified atom stereocenters. The van der Waals surface area contributed by atoms with Crippen LogP contribution in [-0.2, 0) is 38.4 Å². The minimum absolute atomic E-state index is 0.227. The minimum Gasteiger partial charge on any atom is -0.479 e. The summed E-state index contributed by atoms with van der Waals surface area (Å²) in [4.78, 5) is 22.8. The second kappa shape index (κ2) is 9.59. The number of hydrogen-bond acceptors (Lipinski definition) is 11. The summed E-state index contributed by atoms with van der Waals surface area (Å²) >= 11 is 0. The summed E-state index contributed by atoms with van der Waals surface area (Å²) in [5, 5.41) is 41.8. The summed E-state index contributed by atoms with van der Waals surface area (Å²) in [5.41, 5.74) is 0. The second-order valence-electron chi connectivity index (χ2n) is 6.62. The maximum Gasteiger partial charge on any atom is 0.397 e. The summed E-state index contributed by atoms with van der Waals surface area (Å²) in [6.45, 7) is -0.0387. The number of carboxylic acids is 1. The number of aliphatic hydroxyl groups is 3. The van der Waals surface area contributed by atoms with Crippen molar-refractivity contribution in [2.45, 2.75) is 62.3 Å². The molecule has 29 heavy (non-hydrogen) atoms. The van der Waals surface area contributed by atoms with Gasteiger partial charge in [0.15, 0.2) is 12.4 Å². The number of amides is 1. The molecule has 14 nitrogen and oxygen atoms in total. The Morgan fingerprint density at radius 2 is 1.86 bits per heavy atom. The summed E-state index contributed by atoms with van der Waals surface area (Å²) in [7, 11) is -4.80. The predicted octanol–water partition coefficient (Wildman–Crippen LogP) is -3.62. The first-order chi connectivity index (χ1) is 13.4. The van der Waals surface area contributed by atoms with E-state index in [1.165, 1.54) is 0 Å². The lowest BCUT2D eigenvalue weighted by Gasteiger charge is -2.43. The van der Waals surface area contributed by atoms with E-state index in [1.807, 2.05) is 0 Å². The fraction of sp³-hybridized carbons (Fsp3) is 0.857. The van der Waals surface area contributed by atoms with Gasteiger partial charge in [-0.2, -0.15) is 8.42 Å².